The molecule has 2 aliphatic rings. The minimum Gasteiger partial charge on any atom is -0.467 e. The van der Waals surface area contributed by atoms with Gasteiger partial charge in [-0.25, -0.2) is 0 Å². The number of hydrogen-bond acceptors (Lipinski definition) is 3. The van der Waals surface area contributed by atoms with Crippen molar-refractivity contribution in [2.75, 3.05) is 13.3 Å². The number of fused-ring (bicyclic) bond motifs is 1. The average Bonchev–Trinajstić information content (AvgIpc) is 3.08. The number of benzene rings is 1. The highest BCUT2D eigenvalue weighted by Crippen LogP contribution is 2.52. The number of ether oxygens (including phenoxy) is 2. The lowest BCUT2D eigenvalue weighted by molar-refractivity contribution is -0.0173. The molecule has 2 N–H and O–H groups in total. The molecule has 3 nitrogen and oxygen atoms in total. The summed E-state index contributed by atoms with van der Waals surface area (Å²) in [5, 5.41) is 0.738. The highest BCUT2D eigenvalue weighted by molar-refractivity contribution is 6.30. The van der Waals surface area contributed by atoms with E-state index in [4.69, 9.17) is 26.8 Å². The molecule has 1 aromatic carbocycles. The molecule has 0 bridgehead atoms. The van der Waals surface area contributed by atoms with Gasteiger partial charge in [0.05, 0.1) is 6.61 Å². The maximum absolute atomic E-state index is 6.12. The summed E-state index contributed by atoms with van der Waals surface area (Å²) in [6.07, 6.45) is 2.25. The third-order valence-electron chi connectivity index (χ3n) is 3.49. The van der Waals surface area contributed by atoms with Crippen molar-refractivity contribution in [1.82, 2.24) is 0 Å². The largest absolute Gasteiger partial charge is 0.467 e. The van der Waals surface area contributed by atoms with E-state index < -0.39 is 0 Å². The normalized spacial score (nSPS) is 21.1. The zero-order chi connectivity index (χ0) is 11.2. The number of nitrogens with two attached hydrogens (primary N) is 1. The molecule has 0 aromatic heterocycles. The monoisotopic (exact) mass is 239 g/mol. The molecule has 0 radical (unpaired) electrons. The fourth-order valence-electron chi connectivity index (χ4n) is 2.31. The molecule has 1 fully saturated rings. The molecule has 1 aliphatic carbocycles. The molecular weight excluding hydrogens is 226 g/mol. The van der Waals surface area contributed by atoms with Crippen LogP contribution in [0.15, 0.2) is 12.1 Å². The van der Waals surface area contributed by atoms with Gasteiger partial charge in [-0.3, -0.25) is 0 Å². The van der Waals surface area contributed by atoms with Crippen molar-refractivity contribution in [3.05, 3.63) is 28.3 Å². The maximum atomic E-state index is 6.12. The summed E-state index contributed by atoms with van der Waals surface area (Å²) < 4.78 is 10.9. The van der Waals surface area contributed by atoms with Crippen LogP contribution in [0.25, 0.3) is 0 Å². The van der Waals surface area contributed by atoms with Gasteiger partial charge in [0.15, 0.2) is 6.79 Å². The van der Waals surface area contributed by atoms with E-state index in [1.807, 2.05) is 12.1 Å². The fourth-order valence-corrected chi connectivity index (χ4v) is 2.55. The van der Waals surface area contributed by atoms with Gasteiger partial charge in [0.25, 0.3) is 0 Å². The summed E-state index contributed by atoms with van der Waals surface area (Å²) in [5.41, 5.74) is 8.16. The Morgan fingerprint density at radius 1 is 1.38 bits per heavy atom. The first-order valence-corrected chi connectivity index (χ1v) is 5.86. The van der Waals surface area contributed by atoms with Crippen molar-refractivity contribution in [1.29, 1.82) is 0 Å². The van der Waals surface area contributed by atoms with Crippen LogP contribution in [0.1, 0.15) is 24.0 Å². The molecule has 16 heavy (non-hydrogen) atoms. The Labute approximate surface area is 99.5 Å². The molecule has 0 atom stereocenters. The van der Waals surface area contributed by atoms with E-state index in [0.29, 0.717) is 19.9 Å². The second-order valence-corrected chi connectivity index (χ2v) is 4.97. The molecule has 1 heterocycles. The zero-order valence-corrected chi connectivity index (χ0v) is 9.72. The highest BCUT2D eigenvalue weighted by atomic mass is 35.5. The van der Waals surface area contributed by atoms with Gasteiger partial charge in [-0.1, -0.05) is 11.6 Å². The summed E-state index contributed by atoms with van der Waals surface area (Å²) in [7, 11) is 0. The molecule has 1 aromatic rings. The molecule has 1 aliphatic heterocycles. The van der Waals surface area contributed by atoms with E-state index in [1.165, 1.54) is 5.56 Å². The maximum Gasteiger partial charge on any atom is 0.189 e. The molecular formula is C12H14ClNO2. The van der Waals surface area contributed by atoms with Crippen LogP contribution >= 0.6 is 11.6 Å². The Morgan fingerprint density at radius 2 is 2.19 bits per heavy atom. The topological polar surface area (TPSA) is 44.5 Å². The predicted molar refractivity (Wildman–Crippen MR) is 61.7 cm³/mol. The third-order valence-corrected chi connectivity index (χ3v) is 3.71. The first-order valence-electron chi connectivity index (χ1n) is 5.49. The van der Waals surface area contributed by atoms with Gasteiger partial charge >= 0.3 is 0 Å². The van der Waals surface area contributed by atoms with Crippen LogP contribution in [0, 0.1) is 0 Å². The smallest absolute Gasteiger partial charge is 0.189 e. The predicted octanol–water partition coefficient (Wildman–Crippen LogP) is 2.20. The molecule has 0 amide bonds. The van der Waals surface area contributed by atoms with Crippen molar-refractivity contribution < 1.29 is 9.47 Å². The van der Waals surface area contributed by atoms with Gasteiger partial charge in [-0.15, -0.1) is 0 Å². The van der Waals surface area contributed by atoms with Crippen molar-refractivity contribution >= 4 is 11.6 Å². The summed E-state index contributed by atoms with van der Waals surface area (Å²) >= 11 is 6.12. The quantitative estimate of drug-likeness (QED) is 0.861. The summed E-state index contributed by atoms with van der Waals surface area (Å²) in [6.45, 7) is 1.55. The Hall–Kier alpha value is -0.770. The minimum atomic E-state index is 0.103. The van der Waals surface area contributed by atoms with Gasteiger partial charge in [0, 0.05) is 28.1 Å². The lowest BCUT2D eigenvalue weighted by Gasteiger charge is -2.24. The molecule has 1 saturated carbocycles. The van der Waals surface area contributed by atoms with Crippen LogP contribution in [-0.4, -0.2) is 13.3 Å². The van der Waals surface area contributed by atoms with Gasteiger partial charge < -0.3 is 15.2 Å². The second-order valence-electron chi connectivity index (χ2n) is 4.54. The first-order chi connectivity index (χ1) is 7.75. The van der Waals surface area contributed by atoms with E-state index in [-0.39, 0.29) is 5.41 Å². The molecule has 0 unspecified atom stereocenters. The van der Waals surface area contributed by atoms with E-state index in [1.54, 1.807) is 0 Å². The Kier molecular flexibility index (Phi) is 2.35. The lowest BCUT2D eigenvalue weighted by Crippen LogP contribution is -2.23. The SMILES string of the molecule is NCC1(c2cc(Cl)cc3c2OCOC3)CC1. The third kappa shape index (κ3) is 1.51. The van der Waals surface area contributed by atoms with E-state index in [0.717, 1.165) is 29.2 Å². The van der Waals surface area contributed by atoms with E-state index in [9.17, 15) is 0 Å². The van der Waals surface area contributed by atoms with Gasteiger partial charge in [-0.2, -0.15) is 0 Å². The van der Waals surface area contributed by atoms with Crippen molar-refractivity contribution in [2.45, 2.75) is 24.9 Å². The Bertz CT molecular complexity index is 429. The Morgan fingerprint density at radius 3 is 2.88 bits per heavy atom. The second kappa shape index (κ2) is 3.62. The first kappa shape index (κ1) is 10.4. The standard InChI is InChI=1S/C12H14ClNO2/c13-9-3-8-5-15-7-16-11(8)10(4-9)12(6-14)1-2-12/h3-4H,1-2,5-7,14H2. The Balaban J connectivity index is 2.13. The number of hydrogen-bond donors (Lipinski definition) is 1. The number of rotatable bonds is 2. The summed E-state index contributed by atoms with van der Waals surface area (Å²) in [5.74, 6) is 0.943. The van der Waals surface area contributed by atoms with Gasteiger partial charge in [-0.05, 0) is 25.0 Å². The summed E-state index contributed by atoms with van der Waals surface area (Å²) in [6, 6.07) is 3.90. The molecule has 0 spiro atoms. The van der Waals surface area contributed by atoms with Crippen LogP contribution in [0.3, 0.4) is 0 Å². The van der Waals surface area contributed by atoms with E-state index >= 15 is 0 Å². The molecule has 86 valence electrons. The van der Waals surface area contributed by atoms with Crippen LogP contribution in [-0.2, 0) is 16.8 Å². The molecule has 4 heteroatoms. The van der Waals surface area contributed by atoms with Crippen molar-refractivity contribution in [3.8, 4) is 5.75 Å². The zero-order valence-electron chi connectivity index (χ0n) is 8.96. The molecule has 0 saturated heterocycles. The van der Waals surface area contributed by atoms with Crippen LogP contribution < -0.4 is 10.5 Å². The van der Waals surface area contributed by atoms with Gasteiger partial charge in [0.2, 0.25) is 0 Å². The number of halogens is 1. The summed E-state index contributed by atoms with van der Waals surface area (Å²) in [4.78, 5) is 0. The van der Waals surface area contributed by atoms with Crippen LogP contribution in [0.2, 0.25) is 5.02 Å². The van der Waals surface area contributed by atoms with Crippen molar-refractivity contribution in [2.24, 2.45) is 5.73 Å². The highest BCUT2D eigenvalue weighted by Gasteiger charge is 2.45. The van der Waals surface area contributed by atoms with Crippen LogP contribution in [0.5, 0.6) is 5.75 Å². The van der Waals surface area contributed by atoms with Crippen molar-refractivity contribution in [3.63, 3.8) is 0 Å². The van der Waals surface area contributed by atoms with Gasteiger partial charge in [0.1, 0.15) is 5.75 Å². The van der Waals surface area contributed by atoms with E-state index in [2.05, 4.69) is 0 Å². The minimum absolute atomic E-state index is 0.103. The fraction of sp³-hybridized carbons (Fsp3) is 0.500. The average molecular weight is 240 g/mol. The lowest BCUT2D eigenvalue weighted by atomic mass is 9.93. The molecule has 3 rings (SSSR count). The van der Waals surface area contributed by atoms with Crippen LogP contribution in [0.4, 0.5) is 0 Å².